The van der Waals surface area contributed by atoms with Crippen LogP contribution >= 0.6 is 12.2 Å². The zero-order valence-corrected chi connectivity index (χ0v) is 8.47. The first-order chi connectivity index (χ1) is 6.59. The number of carbonyl (C=O) groups excluding carboxylic acids is 1. The number of aromatic amines is 1. The Balaban J connectivity index is 2.45. The highest BCUT2D eigenvalue weighted by atomic mass is 32.1. The van der Waals surface area contributed by atoms with Gasteiger partial charge in [-0.1, -0.05) is 12.2 Å². The quantitative estimate of drug-likeness (QED) is 0.594. The minimum absolute atomic E-state index is 0.0494. The van der Waals surface area contributed by atoms with Crippen LogP contribution in [-0.4, -0.2) is 26.1 Å². The van der Waals surface area contributed by atoms with Gasteiger partial charge in [0.25, 0.3) is 0 Å². The Hall–Kier alpha value is -1.50. The standard InChI is InChI=1S/C7H11N5OS/c1-4(7-9-3-10-12-7)11-6(13)2-5(8)14/h3-4H,2H2,1H3,(H2,8,14)(H,11,13)(H,9,10,12). The van der Waals surface area contributed by atoms with Crippen LogP contribution in [-0.2, 0) is 4.79 Å². The smallest absolute Gasteiger partial charge is 0.227 e. The van der Waals surface area contributed by atoms with E-state index in [4.69, 9.17) is 5.73 Å². The average Bonchev–Trinajstić information content (AvgIpc) is 2.53. The molecule has 0 bridgehead atoms. The second-order valence-electron chi connectivity index (χ2n) is 2.80. The normalized spacial score (nSPS) is 12.1. The Bertz CT molecular complexity index is 323. The lowest BCUT2D eigenvalue weighted by atomic mass is 10.3. The second kappa shape index (κ2) is 4.66. The van der Waals surface area contributed by atoms with E-state index in [9.17, 15) is 4.79 Å². The molecule has 1 rings (SSSR count). The molecule has 76 valence electrons. The van der Waals surface area contributed by atoms with Gasteiger partial charge >= 0.3 is 0 Å². The first-order valence-corrected chi connectivity index (χ1v) is 4.43. The molecule has 0 aliphatic rings. The maximum Gasteiger partial charge on any atom is 0.227 e. The molecule has 1 atom stereocenters. The van der Waals surface area contributed by atoms with Crippen molar-refractivity contribution in [3.05, 3.63) is 12.2 Å². The Labute approximate surface area is 86.3 Å². The Kier molecular flexibility index (Phi) is 3.52. The first kappa shape index (κ1) is 10.6. The van der Waals surface area contributed by atoms with Crippen molar-refractivity contribution in [3.8, 4) is 0 Å². The van der Waals surface area contributed by atoms with E-state index < -0.39 is 0 Å². The molecule has 1 unspecified atom stereocenters. The highest BCUT2D eigenvalue weighted by Gasteiger charge is 2.11. The second-order valence-corrected chi connectivity index (χ2v) is 3.33. The van der Waals surface area contributed by atoms with E-state index >= 15 is 0 Å². The van der Waals surface area contributed by atoms with E-state index in [2.05, 4.69) is 32.7 Å². The number of nitrogens with zero attached hydrogens (tertiary/aromatic N) is 2. The van der Waals surface area contributed by atoms with Gasteiger partial charge in [0, 0.05) is 0 Å². The Morgan fingerprint density at radius 2 is 2.57 bits per heavy atom. The van der Waals surface area contributed by atoms with Gasteiger partial charge in [-0.15, -0.1) is 0 Å². The molecule has 1 heterocycles. The van der Waals surface area contributed by atoms with Crippen molar-refractivity contribution in [1.29, 1.82) is 0 Å². The van der Waals surface area contributed by atoms with Crippen molar-refractivity contribution < 1.29 is 4.79 Å². The van der Waals surface area contributed by atoms with Crippen LogP contribution in [0.5, 0.6) is 0 Å². The minimum atomic E-state index is -0.223. The SMILES string of the molecule is CC(NC(=O)CC(N)=S)c1ncn[nH]1. The van der Waals surface area contributed by atoms with Crippen molar-refractivity contribution in [2.45, 2.75) is 19.4 Å². The number of amides is 1. The van der Waals surface area contributed by atoms with Gasteiger partial charge in [-0.25, -0.2) is 4.98 Å². The highest BCUT2D eigenvalue weighted by Crippen LogP contribution is 2.03. The molecule has 14 heavy (non-hydrogen) atoms. The monoisotopic (exact) mass is 213 g/mol. The summed E-state index contributed by atoms with van der Waals surface area (Å²) in [6.45, 7) is 1.79. The number of rotatable bonds is 4. The van der Waals surface area contributed by atoms with Gasteiger partial charge in [0.15, 0.2) is 0 Å². The Morgan fingerprint density at radius 1 is 1.86 bits per heavy atom. The maximum atomic E-state index is 11.2. The summed E-state index contributed by atoms with van der Waals surface area (Å²) in [6, 6.07) is -0.223. The number of hydrogen-bond acceptors (Lipinski definition) is 4. The average molecular weight is 213 g/mol. The van der Waals surface area contributed by atoms with E-state index in [1.54, 1.807) is 6.92 Å². The summed E-state index contributed by atoms with van der Waals surface area (Å²) in [7, 11) is 0. The summed E-state index contributed by atoms with van der Waals surface area (Å²) in [6.07, 6.45) is 1.43. The molecule has 0 spiro atoms. The molecule has 7 heteroatoms. The van der Waals surface area contributed by atoms with Crippen molar-refractivity contribution in [2.24, 2.45) is 5.73 Å². The Morgan fingerprint density at radius 3 is 3.07 bits per heavy atom. The van der Waals surface area contributed by atoms with E-state index in [0.717, 1.165) is 0 Å². The van der Waals surface area contributed by atoms with E-state index in [0.29, 0.717) is 5.82 Å². The summed E-state index contributed by atoms with van der Waals surface area (Å²) >= 11 is 4.61. The molecule has 1 amide bonds. The molecular formula is C7H11N5OS. The third kappa shape index (κ3) is 3.09. The molecule has 0 radical (unpaired) electrons. The summed E-state index contributed by atoms with van der Waals surface area (Å²) in [4.78, 5) is 15.3. The van der Waals surface area contributed by atoms with Crippen LogP contribution in [0.3, 0.4) is 0 Å². The van der Waals surface area contributed by atoms with Crippen LogP contribution in [0.2, 0.25) is 0 Å². The fourth-order valence-corrected chi connectivity index (χ4v) is 1.07. The molecule has 6 nitrogen and oxygen atoms in total. The molecule has 0 saturated carbocycles. The fourth-order valence-electron chi connectivity index (χ4n) is 0.943. The molecule has 1 aromatic heterocycles. The van der Waals surface area contributed by atoms with Crippen LogP contribution < -0.4 is 11.1 Å². The molecule has 4 N–H and O–H groups in total. The van der Waals surface area contributed by atoms with Gasteiger partial charge in [-0.05, 0) is 6.92 Å². The number of nitrogens with two attached hydrogens (primary N) is 1. The van der Waals surface area contributed by atoms with Crippen LogP contribution in [0.1, 0.15) is 25.2 Å². The zero-order valence-electron chi connectivity index (χ0n) is 7.65. The van der Waals surface area contributed by atoms with Crippen molar-refractivity contribution >= 4 is 23.1 Å². The summed E-state index contributed by atoms with van der Waals surface area (Å²) in [5.41, 5.74) is 5.22. The van der Waals surface area contributed by atoms with Crippen molar-refractivity contribution in [2.75, 3.05) is 0 Å². The van der Waals surface area contributed by atoms with Crippen LogP contribution in [0.4, 0.5) is 0 Å². The third-order valence-electron chi connectivity index (χ3n) is 1.56. The summed E-state index contributed by atoms with van der Waals surface area (Å²) in [5.74, 6) is 0.377. The van der Waals surface area contributed by atoms with Gasteiger partial charge in [0.1, 0.15) is 12.2 Å². The van der Waals surface area contributed by atoms with Crippen LogP contribution in [0.25, 0.3) is 0 Å². The van der Waals surface area contributed by atoms with Gasteiger partial charge in [0.05, 0.1) is 17.5 Å². The number of carbonyl (C=O) groups is 1. The fraction of sp³-hybridized carbons (Fsp3) is 0.429. The van der Waals surface area contributed by atoms with E-state index in [1.807, 2.05) is 0 Å². The van der Waals surface area contributed by atoms with Gasteiger partial charge in [-0.2, -0.15) is 5.10 Å². The number of thiocarbonyl (C=S) groups is 1. The maximum absolute atomic E-state index is 11.2. The lowest BCUT2D eigenvalue weighted by Gasteiger charge is -2.09. The topological polar surface area (TPSA) is 96.7 Å². The minimum Gasteiger partial charge on any atom is -0.393 e. The lowest BCUT2D eigenvalue weighted by Crippen LogP contribution is -2.30. The molecular weight excluding hydrogens is 202 g/mol. The van der Waals surface area contributed by atoms with Gasteiger partial charge < -0.3 is 11.1 Å². The van der Waals surface area contributed by atoms with E-state index in [-0.39, 0.29) is 23.4 Å². The molecule has 0 saturated heterocycles. The number of aromatic nitrogens is 3. The number of H-pyrrole nitrogens is 1. The molecule has 0 aliphatic heterocycles. The molecule has 0 fully saturated rings. The molecule has 0 aromatic carbocycles. The molecule has 1 aromatic rings. The predicted octanol–water partition coefficient (Wildman–Crippen LogP) is -0.342. The summed E-state index contributed by atoms with van der Waals surface area (Å²) in [5, 5.41) is 9.00. The van der Waals surface area contributed by atoms with Gasteiger partial charge in [0.2, 0.25) is 5.91 Å². The molecule has 0 aliphatic carbocycles. The predicted molar refractivity (Wildman–Crippen MR) is 54.3 cm³/mol. The number of nitrogens with one attached hydrogen (secondary N) is 2. The van der Waals surface area contributed by atoms with Crippen LogP contribution in [0, 0.1) is 0 Å². The van der Waals surface area contributed by atoms with E-state index in [1.165, 1.54) is 6.33 Å². The largest absolute Gasteiger partial charge is 0.393 e. The zero-order chi connectivity index (χ0) is 10.6. The number of hydrogen-bond donors (Lipinski definition) is 3. The first-order valence-electron chi connectivity index (χ1n) is 4.02. The van der Waals surface area contributed by atoms with Crippen molar-refractivity contribution in [1.82, 2.24) is 20.5 Å². The van der Waals surface area contributed by atoms with Crippen LogP contribution in [0.15, 0.2) is 6.33 Å². The van der Waals surface area contributed by atoms with Crippen molar-refractivity contribution in [3.63, 3.8) is 0 Å². The highest BCUT2D eigenvalue weighted by molar-refractivity contribution is 7.80. The third-order valence-corrected chi connectivity index (χ3v) is 1.70. The lowest BCUT2D eigenvalue weighted by molar-refractivity contribution is -0.120. The summed E-state index contributed by atoms with van der Waals surface area (Å²) < 4.78 is 0. The van der Waals surface area contributed by atoms with Gasteiger partial charge in [-0.3, -0.25) is 9.89 Å².